The van der Waals surface area contributed by atoms with Gasteiger partial charge in [-0.2, -0.15) is 13.2 Å². The molecule has 0 fully saturated rings. The largest absolute Gasteiger partial charge is 0.418 e. The fourth-order valence-electron chi connectivity index (χ4n) is 3.78. The van der Waals surface area contributed by atoms with E-state index >= 15 is 0 Å². The topological polar surface area (TPSA) is 72.8 Å². The SMILES string of the molecule is COCc1nc(Nc2ccc3ccncc3c2)c2ccc(-c3ncccc3C(F)(F)F)cc2n1. The molecular formula is C25H18F3N5O. The molecule has 0 bridgehead atoms. The number of anilines is 2. The van der Waals surface area contributed by atoms with Gasteiger partial charge in [-0.05, 0) is 47.9 Å². The highest BCUT2D eigenvalue weighted by Gasteiger charge is 2.34. The van der Waals surface area contributed by atoms with Gasteiger partial charge in [0, 0.05) is 47.7 Å². The summed E-state index contributed by atoms with van der Waals surface area (Å²) in [7, 11) is 1.52. The lowest BCUT2D eigenvalue weighted by Gasteiger charge is -2.14. The minimum atomic E-state index is -4.52. The lowest BCUT2D eigenvalue weighted by molar-refractivity contribution is -0.137. The van der Waals surface area contributed by atoms with Gasteiger partial charge in [-0.25, -0.2) is 9.97 Å². The monoisotopic (exact) mass is 461 g/mol. The molecule has 0 radical (unpaired) electrons. The van der Waals surface area contributed by atoms with Gasteiger partial charge in [0.05, 0.1) is 16.8 Å². The van der Waals surface area contributed by atoms with Crippen LogP contribution in [0.5, 0.6) is 0 Å². The van der Waals surface area contributed by atoms with Gasteiger partial charge >= 0.3 is 6.18 Å². The van der Waals surface area contributed by atoms with Crippen molar-refractivity contribution in [1.29, 1.82) is 0 Å². The Balaban J connectivity index is 1.62. The first kappa shape index (κ1) is 21.7. The summed E-state index contributed by atoms with van der Waals surface area (Å²) in [5, 5.41) is 5.96. The Bertz CT molecular complexity index is 1500. The quantitative estimate of drug-likeness (QED) is 0.339. The maximum absolute atomic E-state index is 13.5. The molecule has 6 nitrogen and oxygen atoms in total. The number of ether oxygens (including phenoxy) is 1. The molecule has 9 heteroatoms. The van der Waals surface area contributed by atoms with E-state index in [0.29, 0.717) is 28.1 Å². The van der Waals surface area contributed by atoms with E-state index < -0.39 is 11.7 Å². The lowest BCUT2D eigenvalue weighted by atomic mass is 10.0. The summed E-state index contributed by atoms with van der Waals surface area (Å²) in [6.07, 6.45) is 0.315. The summed E-state index contributed by atoms with van der Waals surface area (Å²) in [4.78, 5) is 17.2. The van der Waals surface area contributed by atoms with Crippen LogP contribution in [0.4, 0.5) is 24.7 Å². The number of halogens is 3. The van der Waals surface area contributed by atoms with Gasteiger partial charge in [-0.3, -0.25) is 9.97 Å². The zero-order valence-corrected chi connectivity index (χ0v) is 18.0. The summed E-state index contributed by atoms with van der Waals surface area (Å²) in [5.41, 5.74) is 0.620. The fraction of sp³-hybridized carbons (Fsp3) is 0.120. The van der Waals surface area contributed by atoms with Crippen LogP contribution < -0.4 is 5.32 Å². The summed E-state index contributed by atoms with van der Waals surface area (Å²) in [5.74, 6) is 0.915. The third-order valence-corrected chi connectivity index (χ3v) is 5.31. The first-order valence-electron chi connectivity index (χ1n) is 10.4. The van der Waals surface area contributed by atoms with Crippen molar-refractivity contribution in [3.8, 4) is 11.3 Å². The Kier molecular flexibility index (Phi) is 5.54. The van der Waals surface area contributed by atoms with Crippen LogP contribution in [0.25, 0.3) is 32.9 Å². The van der Waals surface area contributed by atoms with Crippen molar-refractivity contribution in [3.05, 3.63) is 84.6 Å². The molecule has 0 aliphatic rings. The molecule has 170 valence electrons. The van der Waals surface area contributed by atoms with Crippen molar-refractivity contribution in [1.82, 2.24) is 19.9 Å². The number of nitrogens with one attached hydrogen (secondary N) is 1. The van der Waals surface area contributed by atoms with E-state index in [2.05, 4.69) is 25.3 Å². The molecule has 34 heavy (non-hydrogen) atoms. The fourth-order valence-corrected chi connectivity index (χ4v) is 3.78. The Hall–Kier alpha value is -4.11. The second-order valence-corrected chi connectivity index (χ2v) is 7.61. The van der Waals surface area contributed by atoms with E-state index in [9.17, 15) is 13.2 Å². The predicted octanol–water partition coefficient (Wildman–Crippen LogP) is 6.15. The molecule has 0 saturated heterocycles. The van der Waals surface area contributed by atoms with Crippen LogP contribution >= 0.6 is 0 Å². The van der Waals surface area contributed by atoms with Crippen LogP contribution in [-0.2, 0) is 17.5 Å². The third kappa shape index (κ3) is 4.25. The molecule has 0 aliphatic heterocycles. The number of rotatable bonds is 5. The number of hydrogen-bond acceptors (Lipinski definition) is 6. The molecule has 3 heterocycles. The molecule has 5 aromatic rings. The molecule has 0 atom stereocenters. The number of benzene rings is 2. The van der Waals surface area contributed by atoms with E-state index in [1.54, 1.807) is 30.6 Å². The molecule has 0 aliphatic carbocycles. The van der Waals surface area contributed by atoms with Gasteiger partial charge in [-0.1, -0.05) is 12.1 Å². The highest BCUT2D eigenvalue weighted by atomic mass is 19.4. The molecule has 0 spiro atoms. The van der Waals surface area contributed by atoms with Crippen molar-refractivity contribution in [2.75, 3.05) is 12.4 Å². The molecule has 0 saturated carbocycles. The van der Waals surface area contributed by atoms with Crippen LogP contribution in [-0.4, -0.2) is 27.0 Å². The molecule has 0 unspecified atom stereocenters. The summed E-state index contributed by atoms with van der Waals surface area (Å²) < 4.78 is 45.8. The molecule has 5 rings (SSSR count). The highest BCUT2D eigenvalue weighted by Crippen LogP contribution is 2.37. The summed E-state index contributed by atoms with van der Waals surface area (Å²) in [6.45, 7) is 0.147. The van der Waals surface area contributed by atoms with Crippen molar-refractivity contribution in [2.45, 2.75) is 12.8 Å². The zero-order valence-electron chi connectivity index (χ0n) is 18.0. The summed E-state index contributed by atoms with van der Waals surface area (Å²) in [6, 6.07) is 14.9. The van der Waals surface area contributed by atoms with Gasteiger partial charge < -0.3 is 10.1 Å². The van der Waals surface area contributed by atoms with E-state index in [1.165, 1.54) is 19.4 Å². The lowest BCUT2D eigenvalue weighted by Crippen LogP contribution is -2.08. The number of fused-ring (bicyclic) bond motifs is 2. The average Bonchev–Trinajstić information content (AvgIpc) is 2.83. The number of nitrogens with zero attached hydrogens (tertiary/aromatic N) is 4. The minimum absolute atomic E-state index is 0.147. The zero-order chi connectivity index (χ0) is 23.7. The molecular weight excluding hydrogens is 443 g/mol. The maximum Gasteiger partial charge on any atom is 0.418 e. The smallest absolute Gasteiger partial charge is 0.377 e. The van der Waals surface area contributed by atoms with Crippen molar-refractivity contribution < 1.29 is 17.9 Å². The van der Waals surface area contributed by atoms with E-state index in [0.717, 1.165) is 22.5 Å². The Morgan fingerprint density at radius 1 is 0.941 bits per heavy atom. The van der Waals surface area contributed by atoms with Crippen molar-refractivity contribution in [3.63, 3.8) is 0 Å². The Labute approximate surface area is 192 Å². The standard InChI is InChI=1S/C25H18F3N5O/c1-34-14-22-32-21-12-16(23-20(25(26,27)28)3-2-9-30-23)5-7-19(21)24(33-22)31-18-6-4-15-8-10-29-13-17(15)11-18/h2-13H,14H2,1H3,(H,31,32,33). The van der Waals surface area contributed by atoms with Gasteiger partial charge in [0.15, 0.2) is 5.82 Å². The van der Waals surface area contributed by atoms with Crippen LogP contribution in [0, 0.1) is 0 Å². The number of methoxy groups -OCH3 is 1. The summed E-state index contributed by atoms with van der Waals surface area (Å²) >= 11 is 0. The highest BCUT2D eigenvalue weighted by molar-refractivity contribution is 5.94. The number of alkyl halides is 3. The predicted molar refractivity (Wildman–Crippen MR) is 124 cm³/mol. The van der Waals surface area contributed by atoms with Crippen LogP contribution in [0.2, 0.25) is 0 Å². The number of aromatic nitrogens is 4. The van der Waals surface area contributed by atoms with E-state index in [4.69, 9.17) is 4.74 Å². The Morgan fingerprint density at radius 2 is 1.82 bits per heavy atom. The van der Waals surface area contributed by atoms with Gasteiger partial charge in [0.25, 0.3) is 0 Å². The maximum atomic E-state index is 13.5. The van der Waals surface area contributed by atoms with Gasteiger partial charge in [0.2, 0.25) is 0 Å². The average molecular weight is 461 g/mol. The van der Waals surface area contributed by atoms with Crippen molar-refractivity contribution >= 4 is 33.2 Å². The first-order chi connectivity index (χ1) is 16.4. The normalized spacial score (nSPS) is 11.8. The second-order valence-electron chi connectivity index (χ2n) is 7.61. The van der Waals surface area contributed by atoms with Gasteiger partial charge in [-0.15, -0.1) is 0 Å². The van der Waals surface area contributed by atoms with Gasteiger partial charge in [0.1, 0.15) is 12.4 Å². The second kappa shape index (κ2) is 8.68. The number of pyridine rings is 2. The molecule has 2 aromatic carbocycles. The number of hydrogen-bond donors (Lipinski definition) is 1. The van der Waals surface area contributed by atoms with E-state index in [-0.39, 0.29) is 12.3 Å². The minimum Gasteiger partial charge on any atom is -0.377 e. The van der Waals surface area contributed by atoms with Crippen LogP contribution in [0.3, 0.4) is 0 Å². The van der Waals surface area contributed by atoms with Crippen LogP contribution in [0.1, 0.15) is 11.4 Å². The molecule has 1 N–H and O–H groups in total. The first-order valence-corrected chi connectivity index (χ1v) is 10.4. The Morgan fingerprint density at radius 3 is 2.65 bits per heavy atom. The van der Waals surface area contributed by atoms with Crippen LogP contribution in [0.15, 0.2) is 73.2 Å². The van der Waals surface area contributed by atoms with E-state index in [1.807, 2.05) is 24.3 Å². The third-order valence-electron chi connectivity index (χ3n) is 5.31. The van der Waals surface area contributed by atoms with Crippen molar-refractivity contribution in [2.24, 2.45) is 0 Å². The molecule has 3 aromatic heterocycles. The molecule has 0 amide bonds.